The number of hydrogen-bond donors (Lipinski definition) is 1. The molecule has 3 nitrogen and oxygen atoms in total. The monoisotopic (exact) mass is 214 g/mol. The highest BCUT2D eigenvalue weighted by Crippen LogP contribution is 2.19. The number of hydrogen-bond acceptors (Lipinski definition) is 3. The van der Waals surface area contributed by atoms with Gasteiger partial charge in [0.1, 0.15) is 0 Å². The summed E-state index contributed by atoms with van der Waals surface area (Å²) in [7, 11) is 1.80. The third kappa shape index (κ3) is 4.09. The summed E-state index contributed by atoms with van der Waals surface area (Å²) in [5.74, 6) is 0.755. The Balaban J connectivity index is 2.29. The smallest absolute Gasteiger partial charge is 0.0503 e. The summed E-state index contributed by atoms with van der Waals surface area (Å²) in [5.41, 5.74) is 0. The molecule has 15 heavy (non-hydrogen) atoms. The fraction of sp³-hybridized carbons (Fsp3) is 1.00. The Labute approximate surface area is 94.2 Å². The maximum atomic E-state index is 5.23. The van der Waals surface area contributed by atoms with E-state index in [1.165, 1.54) is 25.9 Å². The van der Waals surface area contributed by atoms with Crippen molar-refractivity contribution in [2.75, 3.05) is 39.9 Å². The lowest BCUT2D eigenvalue weighted by atomic mass is 10.1. The minimum absolute atomic E-state index is 0.715. The third-order valence-corrected chi connectivity index (χ3v) is 3.34. The van der Waals surface area contributed by atoms with Crippen molar-refractivity contribution in [2.45, 2.75) is 32.7 Å². The zero-order chi connectivity index (χ0) is 11.1. The van der Waals surface area contributed by atoms with Gasteiger partial charge in [0.2, 0.25) is 0 Å². The molecule has 1 aliphatic heterocycles. The van der Waals surface area contributed by atoms with Crippen molar-refractivity contribution < 1.29 is 4.74 Å². The van der Waals surface area contributed by atoms with Crippen LogP contribution in [-0.2, 0) is 4.74 Å². The van der Waals surface area contributed by atoms with Gasteiger partial charge >= 0.3 is 0 Å². The molecular formula is C12H26N2O. The van der Waals surface area contributed by atoms with E-state index in [0.29, 0.717) is 6.04 Å². The van der Waals surface area contributed by atoms with Gasteiger partial charge in [0.15, 0.2) is 0 Å². The van der Waals surface area contributed by atoms with Crippen molar-refractivity contribution in [1.29, 1.82) is 0 Å². The van der Waals surface area contributed by atoms with E-state index in [0.717, 1.165) is 25.6 Å². The molecule has 3 heteroatoms. The molecule has 0 spiro atoms. The molecule has 0 aromatic carbocycles. The lowest BCUT2D eigenvalue weighted by Crippen LogP contribution is -2.40. The first-order valence-electron chi connectivity index (χ1n) is 6.25. The number of rotatable bonds is 7. The van der Waals surface area contributed by atoms with Crippen LogP contribution in [0.1, 0.15) is 26.7 Å². The number of nitrogens with zero attached hydrogens (tertiary/aromatic N) is 1. The van der Waals surface area contributed by atoms with Crippen LogP contribution in [0, 0.1) is 5.92 Å². The van der Waals surface area contributed by atoms with Crippen LogP contribution in [0.4, 0.5) is 0 Å². The predicted octanol–water partition coefficient (Wildman–Crippen LogP) is 1.34. The quantitative estimate of drug-likeness (QED) is 0.692. The first-order chi connectivity index (χ1) is 7.31. The normalized spacial score (nSPS) is 24.6. The molecule has 0 aromatic rings. The van der Waals surface area contributed by atoms with E-state index in [1.54, 1.807) is 7.11 Å². The van der Waals surface area contributed by atoms with Gasteiger partial charge in [0.05, 0.1) is 6.61 Å². The zero-order valence-electron chi connectivity index (χ0n) is 10.5. The van der Waals surface area contributed by atoms with Crippen molar-refractivity contribution in [1.82, 2.24) is 10.2 Å². The largest absolute Gasteiger partial charge is 0.384 e. The van der Waals surface area contributed by atoms with Crippen molar-refractivity contribution in [3.05, 3.63) is 0 Å². The second-order valence-electron chi connectivity index (χ2n) is 4.47. The van der Waals surface area contributed by atoms with Crippen molar-refractivity contribution >= 4 is 0 Å². The van der Waals surface area contributed by atoms with Gasteiger partial charge in [-0.3, -0.25) is 4.90 Å². The van der Waals surface area contributed by atoms with E-state index in [-0.39, 0.29) is 0 Å². The predicted molar refractivity (Wildman–Crippen MR) is 64.2 cm³/mol. The van der Waals surface area contributed by atoms with Gasteiger partial charge in [-0.2, -0.15) is 0 Å². The molecule has 90 valence electrons. The lowest BCUT2D eigenvalue weighted by Gasteiger charge is -2.27. The number of likely N-dealkylation sites (N-methyl/N-ethyl adjacent to an activating group) is 1. The summed E-state index contributed by atoms with van der Waals surface area (Å²) in [6.45, 7) is 10.1. The second kappa shape index (κ2) is 7.20. The molecule has 2 unspecified atom stereocenters. The van der Waals surface area contributed by atoms with Gasteiger partial charge in [-0.05, 0) is 31.8 Å². The summed E-state index contributed by atoms with van der Waals surface area (Å²) in [6.07, 6.45) is 2.54. The van der Waals surface area contributed by atoms with E-state index in [1.807, 2.05) is 0 Å². The van der Waals surface area contributed by atoms with Gasteiger partial charge in [-0.25, -0.2) is 0 Å². The Morgan fingerprint density at radius 3 is 2.87 bits per heavy atom. The van der Waals surface area contributed by atoms with E-state index >= 15 is 0 Å². The summed E-state index contributed by atoms with van der Waals surface area (Å²) in [6, 6.07) is 0.715. The molecule has 0 aliphatic carbocycles. The summed E-state index contributed by atoms with van der Waals surface area (Å²) in [5, 5.41) is 3.45. The second-order valence-corrected chi connectivity index (χ2v) is 4.47. The molecule has 1 aliphatic rings. The molecule has 1 rings (SSSR count). The van der Waals surface area contributed by atoms with Crippen molar-refractivity contribution in [3.8, 4) is 0 Å². The third-order valence-electron chi connectivity index (χ3n) is 3.34. The summed E-state index contributed by atoms with van der Waals surface area (Å²) in [4.78, 5) is 2.62. The molecule has 1 N–H and O–H groups in total. The van der Waals surface area contributed by atoms with Crippen LogP contribution in [0.15, 0.2) is 0 Å². The Morgan fingerprint density at radius 2 is 2.27 bits per heavy atom. The number of nitrogens with one attached hydrogen (secondary N) is 1. The molecule has 0 saturated carbocycles. The van der Waals surface area contributed by atoms with Gasteiger partial charge in [-0.15, -0.1) is 0 Å². The standard InChI is InChI=1S/C12H26N2O/c1-4-12(8-13-5-2)14-7-6-11(9-14)10-15-3/h11-13H,4-10H2,1-3H3. The number of likely N-dealkylation sites (tertiary alicyclic amines) is 1. The summed E-state index contributed by atoms with van der Waals surface area (Å²) < 4.78 is 5.23. The Kier molecular flexibility index (Phi) is 6.22. The van der Waals surface area contributed by atoms with Gasteiger partial charge in [-0.1, -0.05) is 13.8 Å². The molecule has 1 heterocycles. The molecule has 1 saturated heterocycles. The Morgan fingerprint density at radius 1 is 1.47 bits per heavy atom. The minimum atomic E-state index is 0.715. The van der Waals surface area contributed by atoms with Crippen LogP contribution >= 0.6 is 0 Å². The topological polar surface area (TPSA) is 24.5 Å². The maximum absolute atomic E-state index is 5.23. The highest BCUT2D eigenvalue weighted by atomic mass is 16.5. The zero-order valence-corrected chi connectivity index (χ0v) is 10.5. The molecular weight excluding hydrogens is 188 g/mol. The van der Waals surface area contributed by atoms with E-state index < -0.39 is 0 Å². The number of methoxy groups -OCH3 is 1. The van der Waals surface area contributed by atoms with Crippen LogP contribution in [0.5, 0.6) is 0 Å². The van der Waals surface area contributed by atoms with Crippen LogP contribution < -0.4 is 5.32 Å². The van der Waals surface area contributed by atoms with E-state index in [9.17, 15) is 0 Å². The van der Waals surface area contributed by atoms with Crippen molar-refractivity contribution in [2.24, 2.45) is 5.92 Å². The molecule has 1 fully saturated rings. The highest BCUT2D eigenvalue weighted by Gasteiger charge is 2.26. The minimum Gasteiger partial charge on any atom is -0.384 e. The van der Waals surface area contributed by atoms with Crippen LogP contribution in [0.25, 0.3) is 0 Å². The van der Waals surface area contributed by atoms with Gasteiger partial charge in [0, 0.05) is 26.2 Å². The van der Waals surface area contributed by atoms with Crippen LogP contribution in [0.3, 0.4) is 0 Å². The van der Waals surface area contributed by atoms with E-state index in [2.05, 4.69) is 24.1 Å². The molecule has 0 radical (unpaired) electrons. The molecule has 0 bridgehead atoms. The first-order valence-corrected chi connectivity index (χ1v) is 6.25. The average molecular weight is 214 g/mol. The molecule has 0 aromatic heterocycles. The Hall–Kier alpha value is -0.120. The Bertz CT molecular complexity index is 164. The van der Waals surface area contributed by atoms with Crippen molar-refractivity contribution in [3.63, 3.8) is 0 Å². The van der Waals surface area contributed by atoms with Crippen LogP contribution in [0.2, 0.25) is 0 Å². The molecule has 0 amide bonds. The van der Waals surface area contributed by atoms with Gasteiger partial charge < -0.3 is 10.1 Å². The highest BCUT2D eigenvalue weighted by molar-refractivity contribution is 4.81. The lowest BCUT2D eigenvalue weighted by molar-refractivity contribution is 0.145. The molecule has 2 atom stereocenters. The van der Waals surface area contributed by atoms with Crippen LogP contribution in [-0.4, -0.2) is 50.8 Å². The van der Waals surface area contributed by atoms with E-state index in [4.69, 9.17) is 4.74 Å². The summed E-state index contributed by atoms with van der Waals surface area (Å²) >= 11 is 0. The van der Waals surface area contributed by atoms with Gasteiger partial charge in [0.25, 0.3) is 0 Å². The maximum Gasteiger partial charge on any atom is 0.0503 e. The SMILES string of the molecule is CCNCC(CC)N1CCC(COC)C1. The fourth-order valence-corrected chi connectivity index (χ4v) is 2.41. The number of ether oxygens (including phenoxy) is 1. The average Bonchev–Trinajstić information content (AvgIpc) is 2.68. The first kappa shape index (κ1) is 12.9. The fourth-order valence-electron chi connectivity index (χ4n) is 2.41.